The van der Waals surface area contributed by atoms with Crippen LogP contribution in [0, 0.1) is 17.1 Å². The van der Waals surface area contributed by atoms with Crippen LogP contribution >= 0.6 is 0 Å². The van der Waals surface area contributed by atoms with Crippen molar-refractivity contribution in [2.24, 2.45) is 0 Å². The first kappa shape index (κ1) is 21.0. The van der Waals surface area contributed by atoms with Crippen LogP contribution in [-0.2, 0) is 24.3 Å². The second kappa shape index (κ2) is 9.07. The maximum Gasteiger partial charge on any atom is 0.321 e. The number of hydrogen-bond donors (Lipinski definition) is 2. The van der Waals surface area contributed by atoms with Gasteiger partial charge in [0.25, 0.3) is 5.91 Å². The van der Waals surface area contributed by atoms with Crippen LogP contribution in [0.3, 0.4) is 0 Å². The number of nitrogens with zero attached hydrogens (tertiary/aromatic N) is 1. The van der Waals surface area contributed by atoms with Crippen LogP contribution in [-0.4, -0.2) is 32.9 Å². The Morgan fingerprint density at radius 1 is 1.21 bits per heavy atom. The summed E-state index contributed by atoms with van der Waals surface area (Å²) in [6.45, 7) is 0.550. The Morgan fingerprint density at radius 3 is 2.61 bits per heavy atom. The highest BCUT2D eigenvalue weighted by Gasteiger charge is 2.21. The van der Waals surface area contributed by atoms with E-state index in [2.05, 4.69) is 5.32 Å². The third kappa shape index (κ3) is 5.60. The molecule has 0 heterocycles. The van der Waals surface area contributed by atoms with Crippen molar-refractivity contribution in [2.75, 3.05) is 11.9 Å². The third-order valence-electron chi connectivity index (χ3n) is 3.50. The standard InChI is InChI=1S/C18H16FN3O5S/c1-12(18(24)22-16-8-3-2-5-13(16)10-20)27-17(23)11-21-28(25,26)15-7-4-6-14(19)9-15/h2-9,12,21H,11H2,1H3,(H,22,24)/t12-/m1/s1. The molecule has 0 saturated heterocycles. The molecule has 0 aliphatic heterocycles. The Balaban J connectivity index is 1.91. The molecule has 0 aliphatic rings. The monoisotopic (exact) mass is 405 g/mol. The van der Waals surface area contributed by atoms with E-state index >= 15 is 0 Å². The average Bonchev–Trinajstić information content (AvgIpc) is 2.67. The second-order valence-electron chi connectivity index (χ2n) is 5.56. The van der Waals surface area contributed by atoms with Crippen LogP contribution in [0.25, 0.3) is 0 Å². The summed E-state index contributed by atoms with van der Waals surface area (Å²) < 4.78 is 44.0. The van der Waals surface area contributed by atoms with Crippen LogP contribution < -0.4 is 10.0 Å². The number of rotatable bonds is 7. The van der Waals surface area contributed by atoms with Crippen LogP contribution in [0.2, 0.25) is 0 Å². The van der Waals surface area contributed by atoms with Gasteiger partial charge in [-0.3, -0.25) is 9.59 Å². The van der Waals surface area contributed by atoms with Crippen LogP contribution in [0.15, 0.2) is 53.4 Å². The highest BCUT2D eigenvalue weighted by atomic mass is 32.2. The molecule has 0 aliphatic carbocycles. The lowest BCUT2D eigenvalue weighted by molar-refractivity contribution is -0.151. The predicted molar refractivity (Wildman–Crippen MR) is 96.9 cm³/mol. The molecular weight excluding hydrogens is 389 g/mol. The van der Waals surface area contributed by atoms with Gasteiger partial charge >= 0.3 is 5.97 Å². The van der Waals surface area contributed by atoms with E-state index in [9.17, 15) is 22.4 Å². The summed E-state index contributed by atoms with van der Waals surface area (Å²) in [5.41, 5.74) is 0.488. The molecule has 0 radical (unpaired) electrons. The number of para-hydroxylation sites is 1. The number of carbonyl (C=O) groups excluding carboxylic acids is 2. The second-order valence-corrected chi connectivity index (χ2v) is 7.33. The van der Waals surface area contributed by atoms with Gasteiger partial charge < -0.3 is 10.1 Å². The lowest BCUT2D eigenvalue weighted by Crippen LogP contribution is -2.36. The SMILES string of the molecule is C[C@@H](OC(=O)CNS(=O)(=O)c1cccc(F)c1)C(=O)Nc1ccccc1C#N. The lowest BCUT2D eigenvalue weighted by Gasteiger charge is -2.14. The number of amides is 1. The highest BCUT2D eigenvalue weighted by molar-refractivity contribution is 7.89. The van der Waals surface area contributed by atoms with Crippen molar-refractivity contribution in [3.8, 4) is 6.07 Å². The van der Waals surface area contributed by atoms with Crippen LogP contribution in [0.1, 0.15) is 12.5 Å². The number of benzene rings is 2. The summed E-state index contributed by atoms with van der Waals surface area (Å²) in [4.78, 5) is 23.6. The van der Waals surface area contributed by atoms with Crippen molar-refractivity contribution < 1.29 is 27.1 Å². The van der Waals surface area contributed by atoms with E-state index in [4.69, 9.17) is 10.00 Å². The fraction of sp³-hybridized carbons (Fsp3) is 0.167. The summed E-state index contributed by atoms with van der Waals surface area (Å²) in [5.74, 6) is -2.44. The zero-order valence-electron chi connectivity index (χ0n) is 14.7. The summed E-state index contributed by atoms with van der Waals surface area (Å²) in [6.07, 6.45) is -1.24. The number of carbonyl (C=O) groups is 2. The van der Waals surface area contributed by atoms with Gasteiger partial charge in [-0.1, -0.05) is 18.2 Å². The predicted octanol–water partition coefficient (Wildman–Crippen LogP) is 1.55. The minimum atomic E-state index is -4.12. The number of anilines is 1. The van der Waals surface area contributed by atoms with Gasteiger partial charge in [-0.05, 0) is 37.3 Å². The van der Waals surface area contributed by atoms with Gasteiger partial charge in [-0.25, -0.2) is 12.8 Å². The summed E-state index contributed by atoms with van der Waals surface area (Å²) in [7, 11) is -4.12. The number of halogens is 1. The number of nitrogens with one attached hydrogen (secondary N) is 2. The molecule has 8 nitrogen and oxygen atoms in total. The summed E-state index contributed by atoms with van der Waals surface area (Å²) >= 11 is 0. The minimum absolute atomic E-state index is 0.234. The Kier molecular flexibility index (Phi) is 6.81. The van der Waals surface area contributed by atoms with Crippen molar-refractivity contribution in [1.29, 1.82) is 5.26 Å². The fourth-order valence-electron chi connectivity index (χ4n) is 2.09. The van der Waals surface area contributed by atoms with Gasteiger partial charge in [-0.15, -0.1) is 0 Å². The smallest absolute Gasteiger partial charge is 0.321 e. The normalized spacial score (nSPS) is 11.9. The van der Waals surface area contributed by atoms with Crippen molar-refractivity contribution in [3.63, 3.8) is 0 Å². The van der Waals surface area contributed by atoms with E-state index in [1.54, 1.807) is 12.1 Å². The van der Waals surface area contributed by atoms with Crippen molar-refractivity contribution >= 4 is 27.6 Å². The van der Waals surface area contributed by atoms with Crippen LogP contribution in [0.4, 0.5) is 10.1 Å². The van der Waals surface area contributed by atoms with Gasteiger partial charge in [0.15, 0.2) is 6.10 Å². The Bertz CT molecular complexity index is 1030. The molecule has 2 aromatic carbocycles. The zero-order chi connectivity index (χ0) is 20.7. The van der Waals surface area contributed by atoms with Gasteiger partial charge in [-0.2, -0.15) is 9.98 Å². The molecule has 0 unspecified atom stereocenters. The average molecular weight is 405 g/mol. The van der Waals surface area contributed by atoms with E-state index in [1.807, 2.05) is 10.8 Å². The van der Waals surface area contributed by atoms with Crippen molar-refractivity contribution in [3.05, 3.63) is 59.9 Å². The van der Waals surface area contributed by atoms with E-state index < -0.39 is 40.4 Å². The topological polar surface area (TPSA) is 125 Å². The molecule has 2 N–H and O–H groups in total. The maximum atomic E-state index is 13.1. The molecule has 0 bridgehead atoms. The molecule has 10 heteroatoms. The quantitative estimate of drug-likeness (QED) is 0.673. The third-order valence-corrected chi connectivity index (χ3v) is 4.89. The minimum Gasteiger partial charge on any atom is -0.452 e. The molecule has 0 spiro atoms. The zero-order valence-corrected chi connectivity index (χ0v) is 15.5. The van der Waals surface area contributed by atoms with E-state index in [1.165, 1.54) is 31.2 Å². The van der Waals surface area contributed by atoms with E-state index in [0.29, 0.717) is 0 Å². The van der Waals surface area contributed by atoms with E-state index in [0.717, 1.165) is 12.1 Å². The molecule has 0 fully saturated rings. The van der Waals surface area contributed by atoms with Gasteiger partial charge in [0, 0.05) is 0 Å². The van der Waals surface area contributed by atoms with Crippen molar-refractivity contribution in [1.82, 2.24) is 4.72 Å². The molecule has 2 rings (SSSR count). The number of ether oxygens (including phenoxy) is 1. The van der Waals surface area contributed by atoms with E-state index in [-0.39, 0.29) is 16.1 Å². The first-order valence-corrected chi connectivity index (χ1v) is 9.46. The number of nitriles is 1. The van der Waals surface area contributed by atoms with Gasteiger partial charge in [0.05, 0.1) is 16.1 Å². The Labute approximate surface area is 161 Å². The van der Waals surface area contributed by atoms with Gasteiger partial charge in [0.2, 0.25) is 10.0 Å². The molecular formula is C18H16FN3O5S. The fourth-order valence-corrected chi connectivity index (χ4v) is 3.09. The molecule has 146 valence electrons. The number of esters is 1. The molecule has 0 saturated carbocycles. The Hall–Kier alpha value is -3.29. The molecule has 0 aromatic heterocycles. The van der Waals surface area contributed by atoms with Gasteiger partial charge in [0.1, 0.15) is 18.4 Å². The molecule has 1 amide bonds. The summed E-state index contributed by atoms with van der Waals surface area (Å²) in [5, 5.41) is 11.4. The lowest BCUT2D eigenvalue weighted by atomic mass is 10.2. The Morgan fingerprint density at radius 2 is 1.93 bits per heavy atom. The molecule has 28 heavy (non-hydrogen) atoms. The number of hydrogen-bond acceptors (Lipinski definition) is 6. The number of sulfonamides is 1. The van der Waals surface area contributed by atoms with Crippen LogP contribution in [0.5, 0.6) is 0 Å². The molecule has 2 aromatic rings. The van der Waals surface area contributed by atoms with Crippen molar-refractivity contribution in [2.45, 2.75) is 17.9 Å². The largest absolute Gasteiger partial charge is 0.452 e. The molecule has 1 atom stereocenters. The first-order valence-electron chi connectivity index (χ1n) is 7.97. The summed E-state index contributed by atoms with van der Waals surface area (Å²) in [6, 6.07) is 12.4. The highest BCUT2D eigenvalue weighted by Crippen LogP contribution is 2.14. The maximum absolute atomic E-state index is 13.1. The first-order chi connectivity index (χ1) is 13.2.